The van der Waals surface area contributed by atoms with E-state index in [2.05, 4.69) is 33.9 Å². The SMILES string of the molecule is CCN(CC)CCNCC1CCN(c2ccc(C(F)(F)F)c3ncccc23)CC1. The normalized spacial score (nSPS) is 16.1. The van der Waals surface area contributed by atoms with Crippen LogP contribution < -0.4 is 10.2 Å². The van der Waals surface area contributed by atoms with Gasteiger partial charge in [0, 0.05) is 43.4 Å². The van der Waals surface area contributed by atoms with Gasteiger partial charge in [-0.1, -0.05) is 13.8 Å². The summed E-state index contributed by atoms with van der Waals surface area (Å²) in [7, 11) is 0. The maximum atomic E-state index is 13.3. The van der Waals surface area contributed by atoms with E-state index in [1.165, 1.54) is 12.3 Å². The molecule has 2 heterocycles. The molecule has 0 bridgehead atoms. The molecule has 3 rings (SSSR count). The van der Waals surface area contributed by atoms with Crippen molar-refractivity contribution in [1.29, 1.82) is 0 Å². The molecule has 1 aromatic carbocycles. The summed E-state index contributed by atoms with van der Waals surface area (Å²) in [6.07, 6.45) is -0.880. The van der Waals surface area contributed by atoms with E-state index in [-0.39, 0.29) is 5.52 Å². The zero-order valence-electron chi connectivity index (χ0n) is 17.3. The average Bonchev–Trinajstić information content (AvgIpc) is 2.73. The van der Waals surface area contributed by atoms with Crippen LogP contribution in [-0.2, 0) is 6.18 Å². The fourth-order valence-corrected chi connectivity index (χ4v) is 4.12. The lowest BCUT2D eigenvalue weighted by Gasteiger charge is -2.34. The Hall–Kier alpha value is -1.86. The number of fused-ring (bicyclic) bond motifs is 1. The van der Waals surface area contributed by atoms with Crippen LogP contribution in [0.5, 0.6) is 0 Å². The molecule has 4 nitrogen and oxygen atoms in total. The number of halogens is 3. The number of alkyl halides is 3. The molecule has 1 aliphatic rings. The van der Waals surface area contributed by atoms with Crippen molar-refractivity contribution in [2.24, 2.45) is 5.92 Å². The third-order valence-corrected chi connectivity index (χ3v) is 5.94. The summed E-state index contributed by atoms with van der Waals surface area (Å²) in [5, 5.41) is 4.15. The van der Waals surface area contributed by atoms with Crippen LogP contribution in [0.15, 0.2) is 30.5 Å². The summed E-state index contributed by atoms with van der Waals surface area (Å²) < 4.78 is 40.0. The lowest BCUT2D eigenvalue weighted by atomic mass is 9.95. The predicted octanol–water partition coefficient (Wildman–Crippen LogP) is 4.40. The van der Waals surface area contributed by atoms with Crippen LogP contribution in [-0.4, -0.2) is 55.7 Å². The molecule has 0 aliphatic carbocycles. The minimum absolute atomic E-state index is 0.0395. The molecular weight excluding hydrogens is 377 g/mol. The summed E-state index contributed by atoms with van der Waals surface area (Å²) in [4.78, 5) is 8.64. The van der Waals surface area contributed by atoms with E-state index in [9.17, 15) is 13.2 Å². The number of benzene rings is 1. The lowest BCUT2D eigenvalue weighted by Crippen LogP contribution is -2.39. The number of likely N-dealkylation sites (N-methyl/N-ethyl adjacent to an activating group) is 1. The number of hydrogen-bond acceptors (Lipinski definition) is 4. The van der Waals surface area contributed by atoms with Crippen LogP contribution in [0.2, 0.25) is 0 Å². The van der Waals surface area contributed by atoms with Crippen molar-refractivity contribution in [1.82, 2.24) is 15.2 Å². The highest BCUT2D eigenvalue weighted by Crippen LogP contribution is 2.38. The first-order chi connectivity index (χ1) is 13.9. The summed E-state index contributed by atoms with van der Waals surface area (Å²) in [6.45, 7) is 11.3. The summed E-state index contributed by atoms with van der Waals surface area (Å²) in [6, 6.07) is 6.23. The molecule has 160 valence electrons. The Bertz CT molecular complexity index is 781. The number of hydrogen-bond donors (Lipinski definition) is 1. The Morgan fingerprint density at radius 3 is 2.52 bits per heavy atom. The van der Waals surface area contributed by atoms with Crippen LogP contribution in [0.3, 0.4) is 0 Å². The first kappa shape index (κ1) is 21.8. The lowest BCUT2D eigenvalue weighted by molar-refractivity contribution is -0.136. The van der Waals surface area contributed by atoms with E-state index in [4.69, 9.17) is 0 Å². The van der Waals surface area contributed by atoms with Crippen molar-refractivity contribution in [3.63, 3.8) is 0 Å². The maximum absolute atomic E-state index is 13.3. The first-order valence-corrected chi connectivity index (χ1v) is 10.6. The number of rotatable bonds is 8. The number of pyridine rings is 1. The Morgan fingerprint density at radius 1 is 1.14 bits per heavy atom. The molecule has 0 unspecified atom stereocenters. The van der Waals surface area contributed by atoms with Crippen molar-refractivity contribution < 1.29 is 13.2 Å². The van der Waals surface area contributed by atoms with Gasteiger partial charge in [0.2, 0.25) is 0 Å². The van der Waals surface area contributed by atoms with Crippen molar-refractivity contribution in [3.8, 4) is 0 Å². The van der Waals surface area contributed by atoms with Crippen LogP contribution in [0.4, 0.5) is 18.9 Å². The van der Waals surface area contributed by atoms with Gasteiger partial charge in [-0.3, -0.25) is 4.98 Å². The van der Waals surface area contributed by atoms with Gasteiger partial charge in [0.05, 0.1) is 11.1 Å². The minimum Gasteiger partial charge on any atom is -0.371 e. The molecule has 0 spiro atoms. The van der Waals surface area contributed by atoms with E-state index >= 15 is 0 Å². The van der Waals surface area contributed by atoms with Crippen LogP contribution in [0.1, 0.15) is 32.3 Å². The van der Waals surface area contributed by atoms with Gasteiger partial charge >= 0.3 is 6.18 Å². The summed E-state index contributed by atoms with van der Waals surface area (Å²) >= 11 is 0. The summed E-state index contributed by atoms with van der Waals surface area (Å²) in [5.41, 5.74) is 0.232. The maximum Gasteiger partial charge on any atom is 0.418 e. The summed E-state index contributed by atoms with van der Waals surface area (Å²) in [5.74, 6) is 0.613. The van der Waals surface area contributed by atoms with Gasteiger partial charge in [-0.05, 0) is 62.7 Å². The van der Waals surface area contributed by atoms with Crippen molar-refractivity contribution >= 4 is 16.6 Å². The highest BCUT2D eigenvalue weighted by Gasteiger charge is 2.34. The van der Waals surface area contributed by atoms with Crippen molar-refractivity contribution in [2.45, 2.75) is 32.9 Å². The van der Waals surface area contributed by atoms with Gasteiger partial charge < -0.3 is 15.1 Å². The topological polar surface area (TPSA) is 31.4 Å². The number of piperidine rings is 1. The fourth-order valence-electron chi connectivity index (χ4n) is 4.12. The highest BCUT2D eigenvalue weighted by molar-refractivity contribution is 5.94. The Morgan fingerprint density at radius 2 is 1.86 bits per heavy atom. The molecule has 1 fully saturated rings. The molecule has 0 amide bonds. The number of nitrogens with one attached hydrogen (secondary N) is 1. The van der Waals surface area contributed by atoms with Crippen LogP contribution in [0.25, 0.3) is 10.9 Å². The second-order valence-corrected chi connectivity index (χ2v) is 7.69. The minimum atomic E-state index is -4.39. The van der Waals surface area contributed by atoms with Gasteiger partial charge in [0.25, 0.3) is 0 Å². The number of nitrogens with zero attached hydrogens (tertiary/aromatic N) is 3. The van der Waals surface area contributed by atoms with Gasteiger partial charge in [-0.25, -0.2) is 0 Å². The number of aromatic nitrogens is 1. The molecule has 0 radical (unpaired) electrons. The molecule has 1 saturated heterocycles. The molecule has 1 aromatic heterocycles. The third kappa shape index (κ3) is 5.39. The van der Waals surface area contributed by atoms with Gasteiger partial charge in [-0.15, -0.1) is 0 Å². The zero-order chi connectivity index (χ0) is 20.9. The fraction of sp³-hybridized carbons (Fsp3) is 0.591. The second-order valence-electron chi connectivity index (χ2n) is 7.69. The predicted molar refractivity (Wildman–Crippen MR) is 112 cm³/mol. The van der Waals surface area contributed by atoms with E-state index in [1.807, 2.05) is 0 Å². The van der Waals surface area contributed by atoms with Gasteiger partial charge in [0.15, 0.2) is 0 Å². The smallest absolute Gasteiger partial charge is 0.371 e. The van der Waals surface area contributed by atoms with Crippen LogP contribution >= 0.6 is 0 Å². The van der Waals surface area contributed by atoms with E-state index in [1.54, 1.807) is 18.2 Å². The first-order valence-electron chi connectivity index (χ1n) is 10.6. The third-order valence-electron chi connectivity index (χ3n) is 5.94. The number of anilines is 1. The van der Waals surface area contributed by atoms with E-state index < -0.39 is 11.7 Å². The average molecular weight is 409 g/mol. The van der Waals surface area contributed by atoms with E-state index in [0.717, 1.165) is 64.3 Å². The molecular formula is C22H31F3N4. The molecule has 7 heteroatoms. The van der Waals surface area contributed by atoms with Gasteiger partial charge in [-0.2, -0.15) is 13.2 Å². The quantitative estimate of drug-likeness (QED) is 0.656. The zero-order valence-corrected chi connectivity index (χ0v) is 17.3. The standard InChI is InChI=1S/C22H31F3N4/c1-3-28(4-2)15-12-26-16-17-9-13-29(14-10-17)20-8-7-19(22(23,24)25)21-18(20)6-5-11-27-21/h5-8,11,17,26H,3-4,9-10,12-16H2,1-2H3. The molecule has 2 aromatic rings. The van der Waals surface area contributed by atoms with Gasteiger partial charge in [0.1, 0.15) is 0 Å². The molecule has 0 saturated carbocycles. The molecule has 0 atom stereocenters. The van der Waals surface area contributed by atoms with Crippen LogP contribution in [0, 0.1) is 5.92 Å². The molecule has 1 N–H and O–H groups in total. The van der Waals surface area contributed by atoms with E-state index in [0.29, 0.717) is 11.3 Å². The largest absolute Gasteiger partial charge is 0.418 e. The Labute approximate surface area is 171 Å². The van der Waals surface area contributed by atoms with Crippen molar-refractivity contribution in [3.05, 3.63) is 36.0 Å². The second kappa shape index (κ2) is 9.76. The molecule has 1 aliphatic heterocycles. The Kier molecular flexibility index (Phi) is 7.35. The Balaban J connectivity index is 1.59. The molecule has 29 heavy (non-hydrogen) atoms. The monoisotopic (exact) mass is 408 g/mol. The van der Waals surface area contributed by atoms with Crippen molar-refractivity contribution in [2.75, 3.05) is 50.7 Å². The highest BCUT2D eigenvalue weighted by atomic mass is 19.4.